The van der Waals surface area contributed by atoms with Crippen LogP contribution in [0.2, 0.25) is 0 Å². The number of fused-ring (bicyclic) bond motifs is 5. The Morgan fingerprint density at radius 3 is 2.96 bits per heavy atom. The molecule has 3 aliphatic carbocycles. The van der Waals surface area contributed by atoms with E-state index in [0.29, 0.717) is 17.7 Å². The van der Waals surface area contributed by atoms with Crippen molar-refractivity contribution in [3.8, 4) is 5.75 Å². The Bertz CT molecular complexity index is 686. The molecule has 2 nitrogen and oxygen atoms in total. The Morgan fingerprint density at radius 2 is 2.16 bits per heavy atom. The number of aryl methyl sites for hydroxylation is 1. The van der Waals surface area contributed by atoms with Crippen LogP contribution in [0.3, 0.4) is 0 Å². The van der Waals surface area contributed by atoms with Crippen molar-refractivity contribution in [2.24, 2.45) is 17.3 Å². The lowest BCUT2D eigenvalue weighted by molar-refractivity contribution is -0.0329. The van der Waals surface area contributed by atoms with Crippen LogP contribution in [0, 0.1) is 17.3 Å². The van der Waals surface area contributed by atoms with Crippen LogP contribution < -0.4 is 4.74 Å². The lowest BCUT2D eigenvalue weighted by Gasteiger charge is -2.52. The van der Waals surface area contributed by atoms with Crippen molar-refractivity contribution in [2.45, 2.75) is 55.0 Å². The molecule has 0 unspecified atom stereocenters. The lowest BCUT2D eigenvalue weighted by Crippen LogP contribution is -2.47. The standard InChI is InChI=1S/C21H26ClIO2/c1-20-9-7-17-16-6-4-15(25-12-2-11-22)13-14(16)3-5-18(17)19(20)8-10-21(20,23)24/h2,4,6,12-13,17-19,24H,3,5,7-11H2,1H3/t17-,18-,19+,20+,21+/m1/s1. The van der Waals surface area contributed by atoms with Gasteiger partial charge in [0.25, 0.3) is 0 Å². The van der Waals surface area contributed by atoms with E-state index >= 15 is 0 Å². The highest BCUT2D eigenvalue weighted by molar-refractivity contribution is 14.1. The van der Waals surface area contributed by atoms with Gasteiger partial charge in [-0.1, -0.05) is 13.0 Å². The maximum Gasteiger partial charge on any atom is 0.126 e. The van der Waals surface area contributed by atoms with E-state index in [-0.39, 0.29) is 5.41 Å². The molecule has 25 heavy (non-hydrogen) atoms. The molecule has 4 rings (SSSR count). The normalized spacial score (nSPS) is 39.8. The zero-order chi connectivity index (χ0) is 17.7. The van der Waals surface area contributed by atoms with Crippen LogP contribution in [-0.4, -0.2) is 14.6 Å². The molecule has 0 spiro atoms. The van der Waals surface area contributed by atoms with Crippen molar-refractivity contribution in [3.05, 3.63) is 41.7 Å². The molecular formula is C21H26ClIO2. The largest absolute Gasteiger partial charge is 0.465 e. The first-order valence-electron chi connectivity index (χ1n) is 9.38. The minimum atomic E-state index is -0.521. The second kappa shape index (κ2) is 6.72. The van der Waals surface area contributed by atoms with E-state index in [1.54, 1.807) is 6.26 Å². The first-order chi connectivity index (χ1) is 12.0. The third-order valence-electron chi connectivity index (χ3n) is 7.14. The van der Waals surface area contributed by atoms with E-state index in [1.807, 2.05) is 6.08 Å². The fourth-order valence-electron chi connectivity index (χ4n) is 5.76. The first kappa shape index (κ1) is 18.1. The van der Waals surface area contributed by atoms with E-state index in [2.05, 4.69) is 47.7 Å². The van der Waals surface area contributed by atoms with Crippen LogP contribution in [0.5, 0.6) is 5.75 Å². The Balaban J connectivity index is 1.59. The van der Waals surface area contributed by atoms with Crippen molar-refractivity contribution < 1.29 is 9.84 Å². The third-order valence-corrected chi connectivity index (χ3v) is 9.09. The SMILES string of the molecule is C[C@]12CC[C@@H]3c4ccc(OC=CCCl)cc4CC[C@H]3[C@@H]1CC[C@@]2(O)I. The Labute approximate surface area is 169 Å². The van der Waals surface area contributed by atoms with Crippen LogP contribution in [0.15, 0.2) is 30.5 Å². The minimum absolute atomic E-state index is 0.0850. The Kier molecular flexibility index (Phi) is 4.87. The van der Waals surface area contributed by atoms with Crippen molar-refractivity contribution in [2.75, 3.05) is 5.88 Å². The molecule has 3 aliphatic rings. The van der Waals surface area contributed by atoms with Gasteiger partial charge in [0, 0.05) is 11.3 Å². The van der Waals surface area contributed by atoms with Gasteiger partial charge in [0.15, 0.2) is 0 Å². The van der Waals surface area contributed by atoms with Gasteiger partial charge in [-0.3, -0.25) is 0 Å². The topological polar surface area (TPSA) is 29.5 Å². The zero-order valence-corrected chi connectivity index (χ0v) is 17.6. The van der Waals surface area contributed by atoms with Crippen LogP contribution in [-0.2, 0) is 6.42 Å². The summed E-state index contributed by atoms with van der Waals surface area (Å²) in [4.78, 5) is 0. The molecule has 0 radical (unpaired) electrons. The van der Waals surface area contributed by atoms with Gasteiger partial charge in [-0.05, 0) is 108 Å². The highest BCUT2D eigenvalue weighted by Gasteiger charge is 2.60. The number of rotatable bonds is 3. The number of hydrogen-bond donors (Lipinski definition) is 1. The minimum Gasteiger partial charge on any atom is -0.465 e. The van der Waals surface area contributed by atoms with E-state index in [1.165, 1.54) is 30.4 Å². The van der Waals surface area contributed by atoms with Gasteiger partial charge >= 0.3 is 0 Å². The summed E-state index contributed by atoms with van der Waals surface area (Å²) in [5, 5.41) is 10.9. The van der Waals surface area contributed by atoms with Crippen molar-refractivity contribution in [1.29, 1.82) is 0 Å². The molecule has 2 fully saturated rings. The first-order valence-corrected chi connectivity index (χ1v) is 11.0. The molecule has 2 saturated carbocycles. The predicted octanol–water partition coefficient (Wildman–Crippen LogP) is 5.80. The fraction of sp³-hybridized carbons (Fsp3) is 0.619. The second-order valence-electron chi connectivity index (χ2n) is 8.17. The Morgan fingerprint density at radius 1 is 1.32 bits per heavy atom. The van der Waals surface area contributed by atoms with Gasteiger partial charge in [-0.15, -0.1) is 11.6 Å². The Hall–Kier alpha value is -0.260. The number of benzene rings is 1. The molecule has 0 saturated heterocycles. The number of hydrogen-bond acceptors (Lipinski definition) is 2. The smallest absolute Gasteiger partial charge is 0.126 e. The fourth-order valence-corrected chi connectivity index (χ4v) is 6.81. The predicted molar refractivity (Wildman–Crippen MR) is 111 cm³/mol. The number of ether oxygens (including phenoxy) is 1. The van der Waals surface area contributed by atoms with E-state index in [0.717, 1.165) is 30.9 Å². The molecule has 0 amide bonds. The van der Waals surface area contributed by atoms with E-state index in [9.17, 15) is 5.11 Å². The monoisotopic (exact) mass is 472 g/mol. The quantitative estimate of drug-likeness (QED) is 0.342. The van der Waals surface area contributed by atoms with Gasteiger partial charge < -0.3 is 9.84 Å². The van der Waals surface area contributed by atoms with Crippen LogP contribution in [0.1, 0.15) is 56.1 Å². The van der Waals surface area contributed by atoms with Crippen molar-refractivity contribution in [3.63, 3.8) is 0 Å². The maximum atomic E-state index is 10.9. The maximum absolute atomic E-state index is 10.9. The second-order valence-corrected chi connectivity index (χ2v) is 10.3. The van der Waals surface area contributed by atoms with E-state index < -0.39 is 3.61 Å². The average Bonchev–Trinajstić information content (AvgIpc) is 2.84. The highest BCUT2D eigenvalue weighted by Crippen LogP contribution is 2.66. The molecule has 4 heteroatoms. The molecule has 0 heterocycles. The van der Waals surface area contributed by atoms with Gasteiger partial charge in [-0.25, -0.2) is 0 Å². The van der Waals surface area contributed by atoms with Gasteiger partial charge in [0.05, 0.1) is 6.26 Å². The molecular weight excluding hydrogens is 447 g/mol. The van der Waals surface area contributed by atoms with Crippen LogP contribution >= 0.6 is 34.2 Å². The number of alkyl halides is 2. The van der Waals surface area contributed by atoms with Gasteiger partial charge in [0.2, 0.25) is 0 Å². The summed E-state index contributed by atoms with van der Waals surface area (Å²) >= 11 is 7.97. The van der Waals surface area contributed by atoms with Crippen LogP contribution in [0.4, 0.5) is 0 Å². The van der Waals surface area contributed by atoms with Gasteiger partial charge in [-0.2, -0.15) is 0 Å². The summed E-state index contributed by atoms with van der Waals surface area (Å²) in [6, 6.07) is 6.59. The summed E-state index contributed by atoms with van der Waals surface area (Å²) in [5.74, 6) is 3.40. The number of aliphatic hydroxyl groups is 1. The average molecular weight is 473 g/mol. The highest BCUT2D eigenvalue weighted by atomic mass is 127. The van der Waals surface area contributed by atoms with Crippen molar-refractivity contribution >= 4 is 34.2 Å². The molecule has 1 N–H and O–H groups in total. The van der Waals surface area contributed by atoms with Crippen molar-refractivity contribution in [1.82, 2.24) is 0 Å². The number of halogens is 2. The molecule has 0 aromatic heterocycles. The number of allylic oxidation sites excluding steroid dienone is 1. The van der Waals surface area contributed by atoms with Gasteiger partial charge in [0.1, 0.15) is 9.36 Å². The zero-order valence-electron chi connectivity index (χ0n) is 14.7. The summed E-state index contributed by atoms with van der Waals surface area (Å²) in [7, 11) is 0. The summed E-state index contributed by atoms with van der Waals surface area (Å²) in [5.41, 5.74) is 3.06. The molecule has 0 aliphatic heterocycles. The summed E-state index contributed by atoms with van der Waals surface area (Å²) in [6.45, 7) is 2.34. The van der Waals surface area contributed by atoms with Crippen LogP contribution in [0.25, 0.3) is 0 Å². The molecule has 0 bridgehead atoms. The molecule has 1 aromatic carbocycles. The summed E-state index contributed by atoms with van der Waals surface area (Å²) in [6.07, 6.45) is 10.3. The molecule has 1 aromatic rings. The molecule has 136 valence electrons. The third kappa shape index (κ3) is 2.94. The lowest BCUT2D eigenvalue weighted by atomic mass is 9.55. The summed E-state index contributed by atoms with van der Waals surface area (Å²) < 4.78 is 5.14. The molecule has 5 atom stereocenters. The van der Waals surface area contributed by atoms with E-state index in [4.69, 9.17) is 16.3 Å².